The maximum absolute atomic E-state index is 11.8. The Morgan fingerprint density at radius 2 is 1.73 bits per heavy atom. The zero-order valence-corrected chi connectivity index (χ0v) is 9.91. The Bertz CT molecular complexity index is 228. The second-order valence-electron chi connectivity index (χ2n) is 4.19. The van der Waals surface area contributed by atoms with Gasteiger partial charge in [-0.25, -0.2) is 5.48 Å². The molecule has 0 saturated heterocycles. The van der Waals surface area contributed by atoms with Crippen molar-refractivity contribution >= 4 is 11.6 Å². The molecule has 0 radical (unpaired) electrons. The van der Waals surface area contributed by atoms with Gasteiger partial charge in [0, 0.05) is 24.3 Å². The molecule has 3 atom stereocenters. The number of Topliss-reactive ketones (excluding diaryl/α,β-unsaturated/α-hetero) is 2. The first kappa shape index (κ1) is 14.3. The first-order valence-corrected chi connectivity index (χ1v) is 5.33. The largest absolute Gasteiger partial charge is 0.317 e. The molecule has 0 bridgehead atoms. The number of carbonyl (C=O) groups excluding carboxylic acids is 2. The third kappa shape index (κ3) is 4.53. The van der Waals surface area contributed by atoms with Gasteiger partial charge in [-0.15, -0.1) is 0 Å². The molecule has 0 aliphatic rings. The molecule has 0 spiro atoms. The van der Waals surface area contributed by atoms with E-state index in [2.05, 4.69) is 0 Å². The SMILES string of the molecule is CC(=O)C(C)C(C)C(=O)C(C)CCNO. The van der Waals surface area contributed by atoms with Gasteiger partial charge in [-0.2, -0.15) is 0 Å². The second kappa shape index (κ2) is 6.69. The Kier molecular flexibility index (Phi) is 6.36. The summed E-state index contributed by atoms with van der Waals surface area (Å²) < 4.78 is 0. The van der Waals surface area contributed by atoms with Gasteiger partial charge < -0.3 is 5.21 Å². The van der Waals surface area contributed by atoms with Crippen LogP contribution in [0.25, 0.3) is 0 Å². The summed E-state index contributed by atoms with van der Waals surface area (Å²) in [6.07, 6.45) is 0.588. The van der Waals surface area contributed by atoms with Gasteiger partial charge >= 0.3 is 0 Å². The van der Waals surface area contributed by atoms with Crippen LogP contribution in [0.15, 0.2) is 0 Å². The van der Waals surface area contributed by atoms with Crippen molar-refractivity contribution < 1.29 is 14.8 Å². The average molecular weight is 215 g/mol. The van der Waals surface area contributed by atoms with Crippen LogP contribution >= 0.6 is 0 Å². The normalized spacial score (nSPS) is 16.9. The number of hydrogen-bond donors (Lipinski definition) is 2. The van der Waals surface area contributed by atoms with Crippen LogP contribution in [0, 0.1) is 17.8 Å². The van der Waals surface area contributed by atoms with Gasteiger partial charge in [-0.05, 0) is 13.3 Å². The van der Waals surface area contributed by atoms with Crippen molar-refractivity contribution in [3.05, 3.63) is 0 Å². The highest BCUT2D eigenvalue weighted by atomic mass is 16.5. The van der Waals surface area contributed by atoms with Gasteiger partial charge in [0.25, 0.3) is 0 Å². The summed E-state index contributed by atoms with van der Waals surface area (Å²) in [5.74, 6) is -0.448. The molecule has 0 saturated carbocycles. The predicted molar refractivity (Wildman–Crippen MR) is 57.6 cm³/mol. The van der Waals surface area contributed by atoms with Gasteiger partial charge in [-0.1, -0.05) is 20.8 Å². The molecule has 0 aliphatic heterocycles. The van der Waals surface area contributed by atoms with E-state index in [9.17, 15) is 9.59 Å². The Morgan fingerprint density at radius 3 is 2.13 bits per heavy atom. The lowest BCUT2D eigenvalue weighted by Crippen LogP contribution is -2.29. The third-order valence-electron chi connectivity index (χ3n) is 3.01. The monoisotopic (exact) mass is 215 g/mol. The standard InChI is InChI=1S/C11H21NO3/c1-7(5-6-12-15)11(14)9(3)8(2)10(4)13/h7-9,12,15H,5-6H2,1-4H3. The van der Waals surface area contributed by atoms with Crippen molar-refractivity contribution in [1.82, 2.24) is 5.48 Å². The fourth-order valence-corrected chi connectivity index (χ4v) is 1.47. The highest BCUT2D eigenvalue weighted by molar-refractivity contribution is 5.89. The Morgan fingerprint density at radius 1 is 1.20 bits per heavy atom. The summed E-state index contributed by atoms with van der Waals surface area (Å²) in [6, 6.07) is 0. The number of hydrogen-bond acceptors (Lipinski definition) is 4. The quantitative estimate of drug-likeness (QED) is 0.630. The average Bonchev–Trinajstić information content (AvgIpc) is 2.22. The van der Waals surface area contributed by atoms with E-state index in [1.165, 1.54) is 6.92 Å². The van der Waals surface area contributed by atoms with Crippen LogP contribution in [0.2, 0.25) is 0 Å². The number of rotatable bonds is 7. The molecular weight excluding hydrogens is 194 g/mol. The Labute approximate surface area is 91.0 Å². The summed E-state index contributed by atoms with van der Waals surface area (Å²) in [5.41, 5.74) is 2.03. The van der Waals surface area contributed by atoms with Crippen molar-refractivity contribution in [1.29, 1.82) is 0 Å². The molecule has 4 nitrogen and oxygen atoms in total. The van der Waals surface area contributed by atoms with Crippen molar-refractivity contribution in [2.75, 3.05) is 6.54 Å². The maximum atomic E-state index is 11.8. The minimum atomic E-state index is -0.240. The summed E-state index contributed by atoms with van der Waals surface area (Å²) in [7, 11) is 0. The number of ketones is 2. The lowest BCUT2D eigenvalue weighted by Gasteiger charge is -2.19. The van der Waals surface area contributed by atoms with Crippen molar-refractivity contribution in [2.45, 2.75) is 34.1 Å². The van der Waals surface area contributed by atoms with Crippen LogP contribution in [-0.4, -0.2) is 23.3 Å². The zero-order valence-electron chi connectivity index (χ0n) is 9.91. The minimum Gasteiger partial charge on any atom is -0.317 e. The molecule has 15 heavy (non-hydrogen) atoms. The van der Waals surface area contributed by atoms with E-state index in [0.29, 0.717) is 13.0 Å². The van der Waals surface area contributed by atoms with Gasteiger partial charge in [0.1, 0.15) is 11.6 Å². The Balaban J connectivity index is 4.24. The Hall–Kier alpha value is -0.740. The van der Waals surface area contributed by atoms with Crippen LogP contribution in [-0.2, 0) is 9.59 Å². The molecule has 4 heteroatoms. The highest BCUT2D eigenvalue weighted by Crippen LogP contribution is 2.18. The molecule has 2 N–H and O–H groups in total. The first-order valence-electron chi connectivity index (χ1n) is 5.33. The molecule has 0 aromatic rings. The van der Waals surface area contributed by atoms with E-state index in [-0.39, 0.29) is 29.3 Å². The summed E-state index contributed by atoms with van der Waals surface area (Å²) in [5, 5.41) is 8.42. The van der Waals surface area contributed by atoms with Gasteiger partial charge in [-0.3, -0.25) is 9.59 Å². The third-order valence-corrected chi connectivity index (χ3v) is 3.01. The number of nitrogens with one attached hydrogen (secondary N) is 1. The van der Waals surface area contributed by atoms with Crippen molar-refractivity contribution in [3.63, 3.8) is 0 Å². The summed E-state index contributed by atoms with van der Waals surface area (Å²) >= 11 is 0. The number of hydroxylamine groups is 1. The zero-order chi connectivity index (χ0) is 12.0. The van der Waals surface area contributed by atoms with Crippen LogP contribution in [0.4, 0.5) is 0 Å². The van der Waals surface area contributed by atoms with Crippen molar-refractivity contribution in [2.24, 2.45) is 17.8 Å². The summed E-state index contributed by atoms with van der Waals surface area (Å²) in [4.78, 5) is 23.0. The maximum Gasteiger partial charge on any atom is 0.139 e. The van der Waals surface area contributed by atoms with E-state index < -0.39 is 0 Å². The molecule has 88 valence electrons. The first-order chi connectivity index (χ1) is 6.91. The smallest absolute Gasteiger partial charge is 0.139 e. The molecule has 0 aromatic heterocycles. The van der Waals surface area contributed by atoms with Crippen LogP contribution in [0.1, 0.15) is 34.1 Å². The number of carbonyl (C=O) groups is 2. The van der Waals surface area contributed by atoms with Crippen LogP contribution in [0.5, 0.6) is 0 Å². The molecule has 3 unspecified atom stereocenters. The lowest BCUT2D eigenvalue weighted by molar-refractivity contribution is -0.132. The molecule has 0 aromatic carbocycles. The topological polar surface area (TPSA) is 66.4 Å². The van der Waals surface area contributed by atoms with Crippen LogP contribution in [0.3, 0.4) is 0 Å². The van der Waals surface area contributed by atoms with Crippen LogP contribution < -0.4 is 5.48 Å². The summed E-state index contributed by atoms with van der Waals surface area (Å²) in [6.45, 7) is 7.30. The molecule has 0 aliphatic carbocycles. The lowest BCUT2D eigenvalue weighted by atomic mass is 9.83. The van der Waals surface area contributed by atoms with Gasteiger partial charge in [0.15, 0.2) is 0 Å². The minimum absolute atomic E-state index is 0.0448. The highest BCUT2D eigenvalue weighted by Gasteiger charge is 2.26. The second-order valence-corrected chi connectivity index (χ2v) is 4.19. The van der Waals surface area contributed by atoms with E-state index in [1.807, 2.05) is 12.4 Å². The molecule has 0 amide bonds. The molecular formula is C11H21NO3. The molecule has 0 heterocycles. The fraction of sp³-hybridized carbons (Fsp3) is 0.818. The predicted octanol–water partition coefficient (Wildman–Crippen LogP) is 1.42. The van der Waals surface area contributed by atoms with E-state index in [1.54, 1.807) is 13.8 Å². The fourth-order valence-electron chi connectivity index (χ4n) is 1.47. The van der Waals surface area contributed by atoms with Gasteiger partial charge in [0.05, 0.1) is 0 Å². The molecule has 0 rings (SSSR count). The van der Waals surface area contributed by atoms with Gasteiger partial charge in [0.2, 0.25) is 0 Å². The molecule has 0 fully saturated rings. The van der Waals surface area contributed by atoms with E-state index in [0.717, 1.165) is 0 Å². The van der Waals surface area contributed by atoms with E-state index >= 15 is 0 Å². The van der Waals surface area contributed by atoms with E-state index in [4.69, 9.17) is 5.21 Å². The van der Waals surface area contributed by atoms with Crippen molar-refractivity contribution in [3.8, 4) is 0 Å².